The van der Waals surface area contributed by atoms with Crippen LogP contribution < -0.4 is 5.32 Å². The van der Waals surface area contributed by atoms with E-state index in [1.165, 1.54) is 5.39 Å². The van der Waals surface area contributed by atoms with Gasteiger partial charge in [0.15, 0.2) is 0 Å². The van der Waals surface area contributed by atoms with Crippen molar-refractivity contribution in [3.63, 3.8) is 0 Å². The van der Waals surface area contributed by atoms with Crippen molar-refractivity contribution in [3.8, 4) is 0 Å². The Labute approximate surface area is 117 Å². The fraction of sp³-hybridized carbons (Fsp3) is 0.188. The monoisotopic (exact) mass is 267 g/mol. The molecule has 0 bridgehead atoms. The third-order valence-corrected chi connectivity index (χ3v) is 3.45. The molecule has 2 N–H and O–H groups in total. The summed E-state index contributed by atoms with van der Waals surface area (Å²) in [4.78, 5) is 15.3. The summed E-state index contributed by atoms with van der Waals surface area (Å²) in [6.45, 7) is 2.57. The van der Waals surface area contributed by atoms with Crippen molar-refractivity contribution < 1.29 is 4.79 Å². The van der Waals surface area contributed by atoms with Crippen molar-refractivity contribution in [1.82, 2.24) is 14.9 Å². The van der Waals surface area contributed by atoms with E-state index in [1.54, 1.807) is 0 Å². The lowest BCUT2D eigenvalue weighted by molar-refractivity contribution is 0.0943. The third-order valence-electron chi connectivity index (χ3n) is 3.45. The maximum atomic E-state index is 12.0. The van der Waals surface area contributed by atoms with Gasteiger partial charge >= 0.3 is 0 Å². The second-order valence-electron chi connectivity index (χ2n) is 5.06. The van der Waals surface area contributed by atoms with Gasteiger partial charge in [-0.15, -0.1) is 0 Å². The van der Waals surface area contributed by atoms with Crippen LogP contribution in [0.15, 0.2) is 42.6 Å². The molecule has 2 aromatic heterocycles. The van der Waals surface area contributed by atoms with Crippen molar-refractivity contribution in [3.05, 3.63) is 59.5 Å². The van der Waals surface area contributed by atoms with Crippen LogP contribution in [0.1, 0.15) is 21.7 Å². The quantitative estimate of drug-likeness (QED) is 0.753. The van der Waals surface area contributed by atoms with Crippen LogP contribution in [0.5, 0.6) is 0 Å². The predicted octanol–water partition coefficient (Wildman–Crippen LogP) is 2.74. The zero-order valence-electron chi connectivity index (χ0n) is 11.6. The molecule has 3 rings (SSSR count). The van der Waals surface area contributed by atoms with E-state index in [1.807, 2.05) is 49.0 Å². The van der Waals surface area contributed by atoms with Gasteiger partial charge in [0.05, 0.1) is 0 Å². The topological polar surface area (TPSA) is 49.8 Å². The van der Waals surface area contributed by atoms with E-state index in [4.69, 9.17) is 0 Å². The molecule has 0 saturated heterocycles. The fourth-order valence-electron chi connectivity index (χ4n) is 2.41. The van der Waals surface area contributed by atoms with E-state index in [0.29, 0.717) is 12.2 Å². The van der Waals surface area contributed by atoms with Gasteiger partial charge in [-0.05, 0) is 48.2 Å². The standard InChI is InChI=1S/C16H17N3O/c1-11-8-13-9-12(5-6-14(13)18-11)10-17-16(20)15-4-3-7-19(15)2/h3-9,18H,10H2,1-2H3,(H,17,20). The number of aromatic amines is 1. The average molecular weight is 267 g/mol. The molecule has 0 aliphatic rings. The Morgan fingerprint density at radius 3 is 2.90 bits per heavy atom. The van der Waals surface area contributed by atoms with Crippen LogP contribution in [0.25, 0.3) is 10.9 Å². The highest BCUT2D eigenvalue weighted by Gasteiger charge is 2.08. The lowest BCUT2D eigenvalue weighted by atomic mass is 10.1. The zero-order chi connectivity index (χ0) is 14.1. The Balaban J connectivity index is 1.73. The first-order valence-electron chi connectivity index (χ1n) is 6.61. The van der Waals surface area contributed by atoms with Crippen molar-refractivity contribution in [2.45, 2.75) is 13.5 Å². The van der Waals surface area contributed by atoms with Gasteiger partial charge in [0.25, 0.3) is 5.91 Å². The first kappa shape index (κ1) is 12.5. The van der Waals surface area contributed by atoms with Crippen LogP contribution >= 0.6 is 0 Å². The number of amides is 1. The number of nitrogens with one attached hydrogen (secondary N) is 2. The number of carbonyl (C=O) groups excluding carboxylic acids is 1. The van der Waals surface area contributed by atoms with Crippen molar-refractivity contribution in [2.24, 2.45) is 7.05 Å². The molecule has 102 valence electrons. The van der Waals surface area contributed by atoms with Gasteiger partial charge in [0, 0.05) is 31.0 Å². The Kier molecular flexibility index (Phi) is 3.06. The lowest BCUT2D eigenvalue weighted by Gasteiger charge is -2.06. The number of nitrogens with zero attached hydrogens (tertiary/aromatic N) is 1. The summed E-state index contributed by atoms with van der Waals surface area (Å²) in [7, 11) is 1.86. The molecule has 0 atom stereocenters. The normalized spacial score (nSPS) is 10.9. The molecule has 3 aromatic rings. The average Bonchev–Trinajstić information content (AvgIpc) is 3.00. The SMILES string of the molecule is Cc1cc2cc(CNC(=O)c3cccn3C)ccc2[nH]1. The van der Waals surface area contributed by atoms with Gasteiger partial charge in [0.2, 0.25) is 0 Å². The summed E-state index contributed by atoms with van der Waals surface area (Å²) >= 11 is 0. The molecule has 1 aromatic carbocycles. The van der Waals surface area contributed by atoms with E-state index >= 15 is 0 Å². The van der Waals surface area contributed by atoms with Gasteiger partial charge < -0.3 is 14.9 Å². The maximum absolute atomic E-state index is 12.0. The van der Waals surface area contributed by atoms with E-state index in [9.17, 15) is 4.79 Å². The van der Waals surface area contributed by atoms with Crippen LogP contribution in [0.2, 0.25) is 0 Å². The predicted molar refractivity (Wildman–Crippen MR) is 79.6 cm³/mol. The third kappa shape index (κ3) is 2.32. The first-order valence-corrected chi connectivity index (χ1v) is 6.61. The molecule has 0 aliphatic heterocycles. The molecule has 2 heterocycles. The highest BCUT2D eigenvalue weighted by atomic mass is 16.1. The minimum absolute atomic E-state index is 0.0529. The second-order valence-corrected chi connectivity index (χ2v) is 5.06. The van der Waals surface area contributed by atoms with Crippen molar-refractivity contribution in [2.75, 3.05) is 0 Å². The van der Waals surface area contributed by atoms with Crippen LogP contribution in [0.3, 0.4) is 0 Å². The van der Waals surface area contributed by atoms with E-state index in [-0.39, 0.29) is 5.91 Å². The van der Waals surface area contributed by atoms with Crippen LogP contribution in [-0.2, 0) is 13.6 Å². The number of aromatic nitrogens is 2. The number of carbonyl (C=O) groups is 1. The largest absolute Gasteiger partial charge is 0.359 e. The first-order chi connectivity index (χ1) is 9.63. The highest BCUT2D eigenvalue weighted by molar-refractivity contribution is 5.92. The van der Waals surface area contributed by atoms with Crippen LogP contribution in [0.4, 0.5) is 0 Å². The summed E-state index contributed by atoms with van der Waals surface area (Å²) in [6, 6.07) is 12.0. The molecule has 4 nitrogen and oxygen atoms in total. The zero-order valence-corrected chi connectivity index (χ0v) is 11.6. The molecule has 0 unspecified atom stereocenters. The number of hydrogen-bond donors (Lipinski definition) is 2. The summed E-state index contributed by atoms with van der Waals surface area (Å²) in [5.74, 6) is -0.0529. The minimum Gasteiger partial charge on any atom is -0.359 e. The molecule has 0 aliphatic carbocycles. The van der Waals surface area contributed by atoms with Crippen molar-refractivity contribution >= 4 is 16.8 Å². The van der Waals surface area contributed by atoms with E-state index in [0.717, 1.165) is 16.8 Å². The lowest BCUT2D eigenvalue weighted by Crippen LogP contribution is -2.24. The molecule has 0 saturated carbocycles. The number of aryl methyl sites for hydroxylation is 2. The summed E-state index contributed by atoms with van der Waals surface area (Å²) in [5.41, 5.74) is 4.03. The van der Waals surface area contributed by atoms with Gasteiger partial charge in [-0.3, -0.25) is 4.79 Å². The number of H-pyrrole nitrogens is 1. The van der Waals surface area contributed by atoms with Crippen LogP contribution in [0, 0.1) is 6.92 Å². The Morgan fingerprint density at radius 1 is 1.30 bits per heavy atom. The Bertz CT molecular complexity index is 767. The summed E-state index contributed by atoms with van der Waals surface area (Å²) in [6.07, 6.45) is 1.86. The fourth-order valence-corrected chi connectivity index (χ4v) is 2.41. The van der Waals surface area contributed by atoms with Gasteiger partial charge in [-0.2, -0.15) is 0 Å². The smallest absolute Gasteiger partial charge is 0.268 e. The Morgan fingerprint density at radius 2 is 2.15 bits per heavy atom. The molecular weight excluding hydrogens is 250 g/mol. The summed E-state index contributed by atoms with van der Waals surface area (Å²) < 4.78 is 1.81. The van der Waals surface area contributed by atoms with Gasteiger partial charge in [-0.25, -0.2) is 0 Å². The number of hydrogen-bond acceptors (Lipinski definition) is 1. The van der Waals surface area contributed by atoms with Gasteiger partial charge in [-0.1, -0.05) is 6.07 Å². The Hall–Kier alpha value is -2.49. The molecule has 1 amide bonds. The minimum atomic E-state index is -0.0529. The number of rotatable bonds is 3. The van der Waals surface area contributed by atoms with Gasteiger partial charge in [0.1, 0.15) is 5.69 Å². The van der Waals surface area contributed by atoms with E-state index < -0.39 is 0 Å². The molecule has 20 heavy (non-hydrogen) atoms. The maximum Gasteiger partial charge on any atom is 0.268 e. The molecule has 0 fully saturated rings. The van der Waals surface area contributed by atoms with E-state index in [2.05, 4.69) is 22.4 Å². The molecule has 4 heteroatoms. The van der Waals surface area contributed by atoms with Crippen molar-refractivity contribution in [1.29, 1.82) is 0 Å². The highest BCUT2D eigenvalue weighted by Crippen LogP contribution is 2.16. The molecule has 0 radical (unpaired) electrons. The summed E-state index contributed by atoms with van der Waals surface area (Å²) in [5, 5.41) is 4.12. The number of fused-ring (bicyclic) bond motifs is 1. The molecular formula is C16H17N3O. The second kappa shape index (κ2) is 4.89. The van der Waals surface area contributed by atoms with Crippen LogP contribution in [-0.4, -0.2) is 15.5 Å². The molecule has 0 spiro atoms. The number of benzene rings is 1.